The second-order valence-corrected chi connectivity index (χ2v) is 8.84. The van der Waals surface area contributed by atoms with Crippen molar-refractivity contribution in [3.05, 3.63) is 48.4 Å². The molecule has 2 aromatic rings. The zero-order chi connectivity index (χ0) is 20.7. The van der Waals surface area contributed by atoms with E-state index in [1.165, 1.54) is 30.1 Å². The Kier molecular flexibility index (Phi) is 7.78. The van der Waals surface area contributed by atoms with E-state index in [-0.39, 0.29) is 6.42 Å². The van der Waals surface area contributed by atoms with Crippen LogP contribution in [0.1, 0.15) is 6.42 Å². The van der Waals surface area contributed by atoms with E-state index >= 15 is 0 Å². The molecule has 0 saturated heterocycles. The first-order valence-corrected chi connectivity index (χ1v) is 11.3. The molecule has 10 heteroatoms. The van der Waals surface area contributed by atoms with E-state index in [0.29, 0.717) is 11.4 Å². The Labute approximate surface area is 168 Å². The number of carbonyl (C=O) groups excluding carboxylic acids is 1. The molecule has 0 spiro atoms. The number of pyridine rings is 1. The molecule has 2 rings (SSSR count). The lowest BCUT2D eigenvalue weighted by atomic mass is 10.2. The van der Waals surface area contributed by atoms with Crippen molar-refractivity contribution in [1.82, 2.24) is 9.71 Å². The van der Waals surface area contributed by atoms with Gasteiger partial charge in [-0.1, -0.05) is 12.1 Å². The van der Waals surface area contributed by atoms with Crippen LogP contribution in [-0.4, -0.2) is 51.5 Å². The topological polar surface area (TPSA) is 91.4 Å². The highest BCUT2D eigenvalue weighted by molar-refractivity contribution is 7.98. The third-order valence-electron chi connectivity index (χ3n) is 3.82. The van der Waals surface area contributed by atoms with Gasteiger partial charge in [0.1, 0.15) is 22.6 Å². The van der Waals surface area contributed by atoms with Crippen molar-refractivity contribution in [3.63, 3.8) is 0 Å². The Bertz CT molecular complexity index is 905. The second-order valence-electron chi connectivity index (χ2n) is 6.17. The SMILES string of the molecule is CSCC[C@@H](NS(=O)(=O)c1ccccc1F)C(=O)Nc1ccc(N(C)C)nc1. The van der Waals surface area contributed by atoms with Crippen molar-refractivity contribution in [2.24, 2.45) is 0 Å². The van der Waals surface area contributed by atoms with E-state index in [1.54, 1.807) is 12.1 Å². The minimum atomic E-state index is -4.19. The Morgan fingerprint density at radius 1 is 1.25 bits per heavy atom. The summed E-state index contributed by atoms with van der Waals surface area (Å²) in [6, 6.07) is 7.40. The van der Waals surface area contributed by atoms with Crippen molar-refractivity contribution in [2.45, 2.75) is 17.4 Å². The van der Waals surface area contributed by atoms with Crippen molar-refractivity contribution in [3.8, 4) is 0 Å². The highest BCUT2D eigenvalue weighted by atomic mass is 32.2. The number of carbonyl (C=O) groups is 1. The van der Waals surface area contributed by atoms with Crippen molar-refractivity contribution >= 4 is 39.2 Å². The number of amides is 1. The van der Waals surface area contributed by atoms with Gasteiger partial charge in [-0.3, -0.25) is 4.79 Å². The zero-order valence-electron chi connectivity index (χ0n) is 15.8. The van der Waals surface area contributed by atoms with Crippen molar-refractivity contribution < 1.29 is 17.6 Å². The van der Waals surface area contributed by atoms with Crippen LogP contribution in [-0.2, 0) is 14.8 Å². The molecule has 1 aromatic carbocycles. The molecule has 0 aliphatic carbocycles. The van der Waals surface area contributed by atoms with Crippen molar-refractivity contribution in [1.29, 1.82) is 0 Å². The van der Waals surface area contributed by atoms with Gasteiger partial charge in [0.15, 0.2) is 0 Å². The summed E-state index contributed by atoms with van der Waals surface area (Å²) in [7, 11) is -0.506. The van der Waals surface area contributed by atoms with E-state index in [2.05, 4.69) is 15.0 Å². The summed E-state index contributed by atoms with van der Waals surface area (Å²) in [4.78, 5) is 18.2. The number of benzene rings is 1. The monoisotopic (exact) mass is 426 g/mol. The highest BCUT2D eigenvalue weighted by Gasteiger charge is 2.27. The fourth-order valence-electron chi connectivity index (χ4n) is 2.35. The van der Waals surface area contributed by atoms with Gasteiger partial charge in [0.05, 0.1) is 11.9 Å². The number of hydrogen-bond acceptors (Lipinski definition) is 6. The number of aromatic nitrogens is 1. The summed E-state index contributed by atoms with van der Waals surface area (Å²) in [5.74, 6) is -0.136. The number of thioether (sulfide) groups is 1. The number of hydrogen-bond donors (Lipinski definition) is 2. The van der Waals surface area contributed by atoms with E-state index in [4.69, 9.17) is 0 Å². The molecular weight excluding hydrogens is 403 g/mol. The van der Waals surface area contributed by atoms with E-state index in [0.717, 1.165) is 18.0 Å². The molecule has 1 atom stereocenters. The summed E-state index contributed by atoms with van der Waals surface area (Å²) in [5.41, 5.74) is 0.440. The molecule has 28 heavy (non-hydrogen) atoms. The molecule has 2 N–H and O–H groups in total. The summed E-state index contributed by atoms with van der Waals surface area (Å²) < 4.78 is 41.3. The maximum Gasteiger partial charge on any atom is 0.244 e. The molecular formula is C18H23FN4O3S2. The molecule has 1 amide bonds. The number of anilines is 2. The summed E-state index contributed by atoms with van der Waals surface area (Å²) in [5, 5.41) is 2.66. The van der Waals surface area contributed by atoms with E-state index in [9.17, 15) is 17.6 Å². The number of nitrogens with zero attached hydrogens (tertiary/aromatic N) is 2. The molecule has 1 heterocycles. The first-order chi connectivity index (χ1) is 13.2. The molecule has 0 fully saturated rings. The number of sulfonamides is 1. The van der Waals surface area contributed by atoms with Gasteiger partial charge < -0.3 is 10.2 Å². The van der Waals surface area contributed by atoms with Crippen LogP contribution in [0.15, 0.2) is 47.5 Å². The van der Waals surface area contributed by atoms with Crippen LogP contribution in [0.5, 0.6) is 0 Å². The van der Waals surface area contributed by atoms with E-state index < -0.39 is 32.7 Å². The molecule has 0 saturated carbocycles. The maximum absolute atomic E-state index is 13.9. The largest absolute Gasteiger partial charge is 0.363 e. The van der Waals surface area contributed by atoms with Gasteiger partial charge in [-0.25, -0.2) is 17.8 Å². The van der Waals surface area contributed by atoms with Gasteiger partial charge in [0.25, 0.3) is 0 Å². The third-order valence-corrected chi connectivity index (χ3v) is 5.97. The average molecular weight is 427 g/mol. The Balaban J connectivity index is 2.18. The zero-order valence-corrected chi connectivity index (χ0v) is 17.5. The number of rotatable bonds is 9. The lowest BCUT2D eigenvalue weighted by molar-refractivity contribution is -0.117. The van der Waals surface area contributed by atoms with Crippen molar-refractivity contribution in [2.75, 3.05) is 36.3 Å². The Morgan fingerprint density at radius 3 is 2.54 bits per heavy atom. The second kappa shape index (κ2) is 9.85. The van der Waals surface area contributed by atoms with Gasteiger partial charge in [-0.2, -0.15) is 16.5 Å². The molecule has 0 radical (unpaired) electrons. The first kappa shape index (κ1) is 22.1. The third kappa shape index (κ3) is 5.91. The van der Waals surface area contributed by atoms with Gasteiger partial charge in [-0.15, -0.1) is 0 Å². The minimum Gasteiger partial charge on any atom is -0.363 e. The first-order valence-electron chi connectivity index (χ1n) is 8.44. The lowest BCUT2D eigenvalue weighted by Gasteiger charge is -2.19. The predicted molar refractivity (Wildman–Crippen MR) is 111 cm³/mol. The van der Waals surface area contributed by atoms with Gasteiger partial charge in [-0.05, 0) is 42.7 Å². The summed E-state index contributed by atoms with van der Waals surface area (Å²) in [6.45, 7) is 0. The molecule has 0 aliphatic heterocycles. The molecule has 152 valence electrons. The van der Waals surface area contributed by atoms with E-state index in [1.807, 2.05) is 25.3 Å². The fourth-order valence-corrected chi connectivity index (χ4v) is 4.13. The average Bonchev–Trinajstić information content (AvgIpc) is 2.65. The lowest BCUT2D eigenvalue weighted by Crippen LogP contribution is -2.44. The minimum absolute atomic E-state index is 0.254. The number of nitrogens with one attached hydrogen (secondary N) is 2. The van der Waals surface area contributed by atoms with Crippen LogP contribution >= 0.6 is 11.8 Å². The van der Waals surface area contributed by atoms with Crippen LogP contribution in [0, 0.1) is 5.82 Å². The van der Waals surface area contributed by atoms with Crippen LogP contribution in [0.25, 0.3) is 0 Å². The van der Waals surface area contributed by atoms with Crippen LogP contribution < -0.4 is 14.9 Å². The molecule has 0 aliphatic rings. The van der Waals surface area contributed by atoms with Crippen LogP contribution in [0.3, 0.4) is 0 Å². The normalized spacial score (nSPS) is 12.4. The molecule has 0 bridgehead atoms. The number of halogens is 1. The summed E-state index contributed by atoms with van der Waals surface area (Å²) in [6.07, 6.45) is 3.60. The summed E-state index contributed by atoms with van der Waals surface area (Å²) >= 11 is 1.48. The van der Waals surface area contributed by atoms with Gasteiger partial charge >= 0.3 is 0 Å². The van der Waals surface area contributed by atoms with Gasteiger partial charge in [0.2, 0.25) is 15.9 Å². The predicted octanol–water partition coefficient (Wildman–Crippen LogP) is 2.33. The maximum atomic E-state index is 13.9. The molecule has 7 nitrogen and oxygen atoms in total. The Hall–Kier alpha value is -2.17. The molecule has 0 unspecified atom stereocenters. The highest BCUT2D eigenvalue weighted by Crippen LogP contribution is 2.16. The van der Waals surface area contributed by atoms with Gasteiger partial charge in [0, 0.05) is 14.1 Å². The Morgan fingerprint density at radius 2 is 1.96 bits per heavy atom. The van der Waals surface area contributed by atoms with Crippen LogP contribution in [0.4, 0.5) is 15.9 Å². The molecule has 1 aromatic heterocycles. The van der Waals surface area contributed by atoms with Crippen LogP contribution in [0.2, 0.25) is 0 Å². The fraction of sp³-hybridized carbons (Fsp3) is 0.333. The quantitative estimate of drug-likeness (QED) is 0.640. The standard InChI is InChI=1S/C18H23FN4O3S2/c1-23(2)17-9-8-13(12-20-17)21-18(24)15(10-11-27-3)22-28(25,26)16-7-5-4-6-14(16)19/h4-9,12,15,22H,10-11H2,1-3H3,(H,21,24)/t15-/m1/s1. The smallest absolute Gasteiger partial charge is 0.244 e.